The van der Waals surface area contributed by atoms with Gasteiger partial charge in [-0.3, -0.25) is 0 Å². The Balaban J connectivity index is 2.34. The maximum atomic E-state index is 11.9. The van der Waals surface area contributed by atoms with E-state index in [0.29, 0.717) is 6.42 Å². The molecule has 5 nitrogen and oxygen atoms in total. The highest BCUT2D eigenvalue weighted by Crippen LogP contribution is 2.27. The van der Waals surface area contributed by atoms with Crippen LogP contribution in [0.2, 0.25) is 0 Å². The molecule has 0 radical (unpaired) electrons. The van der Waals surface area contributed by atoms with Crippen molar-refractivity contribution in [3.8, 4) is 0 Å². The summed E-state index contributed by atoms with van der Waals surface area (Å²) < 4.78 is 0. The van der Waals surface area contributed by atoms with Gasteiger partial charge in [-0.05, 0) is 43.9 Å². The molecule has 0 aromatic carbocycles. The van der Waals surface area contributed by atoms with Gasteiger partial charge in [-0.1, -0.05) is 33.6 Å². The first kappa shape index (κ1) is 17.8. The van der Waals surface area contributed by atoms with Gasteiger partial charge >= 0.3 is 12.0 Å². The van der Waals surface area contributed by atoms with Crippen LogP contribution in [-0.2, 0) is 4.79 Å². The highest BCUT2D eigenvalue weighted by atomic mass is 16.4. The molecule has 5 heteroatoms. The Labute approximate surface area is 127 Å². The van der Waals surface area contributed by atoms with E-state index in [4.69, 9.17) is 5.11 Å². The van der Waals surface area contributed by atoms with Gasteiger partial charge in [0.25, 0.3) is 0 Å². The number of nitrogens with one attached hydrogen (secondary N) is 2. The Kier molecular flexibility index (Phi) is 7.54. The summed E-state index contributed by atoms with van der Waals surface area (Å²) in [7, 11) is 0. The van der Waals surface area contributed by atoms with E-state index in [9.17, 15) is 9.59 Å². The van der Waals surface area contributed by atoms with Crippen LogP contribution in [0.15, 0.2) is 0 Å². The van der Waals surface area contributed by atoms with Crippen LogP contribution < -0.4 is 10.6 Å². The van der Waals surface area contributed by atoms with Gasteiger partial charge in [0.1, 0.15) is 6.04 Å². The predicted molar refractivity (Wildman–Crippen MR) is 83.2 cm³/mol. The zero-order valence-corrected chi connectivity index (χ0v) is 13.5. The third kappa shape index (κ3) is 6.82. The van der Waals surface area contributed by atoms with Crippen LogP contribution in [0.5, 0.6) is 0 Å². The van der Waals surface area contributed by atoms with Gasteiger partial charge in [-0.15, -0.1) is 0 Å². The second-order valence-corrected chi connectivity index (χ2v) is 6.64. The van der Waals surface area contributed by atoms with Crippen molar-refractivity contribution in [2.45, 2.75) is 77.8 Å². The highest BCUT2D eigenvalue weighted by molar-refractivity contribution is 5.82. The second-order valence-electron chi connectivity index (χ2n) is 6.64. The lowest BCUT2D eigenvalue weighted by atomic mass is 9.83. The van der Waals surface area contributed by atoms with Gasteiger partial charge in [0, 0.05) is 6.04 Å². The fourth-order valence-electron chi connectivity index (χ4n) is 3.08. The van der Waals surface area contributed by atoms with Gasteiger partial charge in [0.05, 0.1) is 0 Å². The third-order valence-electron chi connectivity index (χ3n) is 4.19. The Morgan fingerprint density at radius 3 is 2.29 bits per heavy atom. The first-order valence-corrected chi connectivity index (χ1v) is 8.22. The van der Waals surface area contributed by atoms with Crippen molar-refractivity contribution in [3.05, 3.63) is 0 Å². The number of amides is 2. The summed E-state index contributed by atoms with van der Waals surface area (Å²) in [4.78, 5) is 23.1. The van der Waals surface area contributed by atoms with E-state index < -0.39 is 12.0 Å². The Hall–Kier alpha value is -1.26. The normalized spacial score (nSPS) is 23.6. The van der Waals surface area contributed by atoms with Crippen LogP contribution in [-0.4, -0.2) is 29.2 Å². The van der Waals surface area contributed by atoms with E-state index in [2.05, 4.69) is 17.6 Å². The average molecular weight is 298 g/mol. The van der Waals surface area contributed by atoms with Crippen LogP contribution in [0.3, 0.4) is 0 Å². The third-order valence-corrected chi connectivity index (χ3v) is 4.19. The maximum absolute atomic E-state index is 11.9. The quantitative estimate of drug-likeness (QED) is 0.675. The number of carboxylic acid groups (broad SMARTS) is 1. The lowest BCUT2D eigenvalue weighted by molar-refractivity contribution is -0.139. The topological polar surface area (TPSA) is 78.4 Å². The molecule has 0 saturated heterocycles. The molecule has 1 aliphatic carbocycles. The molecule has 21 heavy (non-hydrogen) atoms. The highest BCUT2D eigenvalue weighted by Gasteiger charge is 2.25. The molecular weight excluding hydrogens is 268 g/mol. The van der Waals surface area contributed by atoms with Crippen LogP contribution in [0.25, 0.3) is 0 Å². The van der Waals surface area contributed by atoms with Crippen molar-refractivity contribution in [1.82, 2.24) is 10.6 Å². The predicted octanol–water partition coefficient (Wildman–Crippen LogP) is 3.14. The zero-order valence-electron chi connectivity index (χ0n) is 13.5. The van der Waals surface area contributed by atoms with Crippen molar-refractivity contribution in [3.63, 3.8) is 0 Å². The summed E-state index contributed by atoms with van der Waals surface area (Å²) >= 11 is 0. The van der Waals surface area contributed by atoms with Crippen molar-refractivity contribution in [2.24, 2.45) is 11.8 Å². The average Bonchev–Trinajstić information content (AvgIpc) is 2.40. The van der Waals surface area contributed by atoms with Gasteiger partial charge < -0.3 is 15.7 Å². The molecule has 0 heterocycles. The maximum Gasteiger partial charge on any atom is 0.326 e. The summed E-state index contributed by atoms with van der Waals surface area (Å²) in [6.07, 6.45) is 7.26. The fraction of sp³-hybridized carbons (Fsp3) is 0.875. The summed E-state index contributed by atoms with van der Waals surface area (Å²) in [6.45, 7) is 6.10. The lowest BCUT2D eigenvalue weighted by Gasteiger charge is -2.29. The summed E-state index contributed by atoms with van der Waals surface area (Å²) in [5, 5.41) is 14.6. The number of carbonyl (C=O) groups is 2. The number of aliphatic carboxylic acids is 1. The smallest absolute Gasteiger partial charge is 0.326 e. The van der Waals surface area contributed by atoms with Crippen LogP contribution >= 0.6 is 0 Å². The number of hydrogen-bond donors (Lipinski definition) is 3. The molecule has 1 aliphatic rings. The van der Waals surface area contributed by atoms with Gasteiger partial charge in [0.15, 0.2) is 0 Å². The molecule has 0 unspecified atom stereocenters. The van der Waals surface area contributed by atoms with E-state index in [-0.39, 0.29) is 18.0 Å². The molecule has 1 saturated carbocycles. The van der Waals surface area contributed by atoms with E-state index in [1.54, 1.807) is 0 Å². The van der Waals surface area contributed by atoms with E-state index in [1.807, 2.05) is 13.8 Å². The SMILES string of the molecule is CCCC1CCC(NC(=O)N[C@H](CC(C)C)C(=O)O)CC1. The molecule has 0 aromatic rings. The Morgan fingerprint density at radius 1 is 1.19 bits per heavy atom. The molecule has 0 spiro atoms. The minimum absolute atomic E-state index is 0.187. The Bertz CT molecular complexity index is 336. The van der Waals surface area contributed by atoms with Crippen LogP contribution in [0.1, 0.15) is 65.7 Å². The lowest BCUT2D eigenvalue weighted by Crippen LogP contribution is -2.50. The monoisotopic (exact) mass is 298 g/mol. The number of hydrogen-bond acceptors (Lipinski definition) is 2. The van der Waals surface area contributed by atoms with E-state index in [1.165, 1.54) is 12.8 Å². The van der Waals surface area contributed by atoms with Gasteiger partial charge in [-0.25, -0.2) is 9.59 Å². The van der Waals surface area contributed by atoms with Crippen LogP contribution in [0.4, 0.5) is 4.79 Å². The zero-order chi connectivity index (χ0) is 15.8. The first-order chi connectivity index (χ1) is 9.92. The number of carboxylic acids is 1. The molecule has 1 fully saturated rings. The van der Waals surface area contributed by atoms with Crippen LogP contribution in [0, 0.1) is 11.8 Å². The standard InChI is InChI=1S/C16H30N2O3/c1-4-5-12-6-8-13(9-7-12)17-16(21)18-14(15(19)20)10-11(2)3/h11-14H,4-10H2,1-3H3,(H,19,20)(H2,17,18,21)/t12?,13?,14-/m1/s1. The molecule has 0 aliphatic heterocycles. The number of rotatable bonds is 7. The molecule has 3 N–H and O–H groups in total. The largest absolute Gasteiger partial charge is 0.480 e. The first-order valence-electron chi connectivity index (χ1n) is 8.22. The molecule has 1 atom stereocenters. The van der Waals surface area contributed by atoms with E-state index in [0.717, 1.165) is 31.6 Å². The fourth-order valence-corrected chi connectivity index (χ4v) is 3.08. The summed E-state index contributed by atoms with van der Waals surface area (Å²) in [5.74, 6) is 0.0604. The number of urea groups is 1. The molecule has 122 valence electrons. The molecule has 2 amide bonds. The van der Waals surface area contributed by atoms with Crippen molar-refractivity contribution in [2.75, 3.05) is 0 Å². The van der Waals surface area contributed by atoms with Crippen molar-refractivity contribution < 1.29 is 14.7 Å². The Morgan fingerprint density at radius 2 is 1.81 bits per heavy atom. The molecule has 0 bridgehead atoms. The minimum atomic E-state index is -0.967. The van der Waals surface area contributed by atoms with E-state index >= 15 is 0 Å². The second kappa shape index (κ2) is 8.90. The van der Waals surface area contributed by atoms with Crippen molar-refractivity contribution >= 4 is 12.0 Å². The molecular formula is C16H30N2O3. The molecule has 1 rings (SSSR count). The summed E-state index contributed by atoms with van der Waals surface area (Å²) in [6, 6.07) is -0.963. The summed E-state index contributed by atoms with van der Waals surface area (Å²) in [5.41, 5.74) is 0. The molecule has 0 aromatic heterocycles. The minimum Gasteiger partial charge on any atom is -0.480 e. The van der Waals surface area contributed by atoms with Gasteiger partial charge in [0.2, 0.25) is 0 Å². The van der Waals surface area contributed by atoms with Gasteiger partial charge in [-0.2, -0.15) is 0 Å². The van der Waals surface area contributed by atoms with Crippen molar-refractivity contribution in [1.29, 1.82) is 0 Å². The number of carbonyl (C=O) groups excluding carboxylic acids is 1.